The number of pyridine rings is 1. The number of anilines is 1. The van der Waals surface area contributed by atoms with Crippen molar-refractivity contribution in [2.24, 2.45) is 0 Å². The molecule has 1 amide bonds. The lowest BCUT2D eigenvalue weighted by Crippen LogP contribution is -2.12. The second kappa shape index (κ2) is 10.4. The molecule has 0 radical (unpaired) electrons. The Morgan fingerprint density at radius 1 is 0.939 bits per heavy atom. The number of carbonyl (C=O) groups is 1. The Labute approximate surface area is 201 Å². The number of aryl methyl sites for hydroxylation is 2. The Bertz CT molecular complexity index is 1310. The van der Waals surface area contributed by atoms with Crippen LogP contribution in [0.25, 0.3) is 22.5 Å². The minimum Gasteiger partial charge on any atom is -0.302 e. The van der Waals surface area contributed by atoms with E-state index < -0.39 is 0 Å². The number of benzene rings is 2. The fraction of sp³-hybridized carbons (Fsp3) is 0.154. The van der Waals surface area contributed by atoms with Gasteiger partial charge < -0.3 is 5.32 Å². The van der Waals surface area contributed by atoms with Gasteiger partial charge in [0.2, 0.25) is 5.91 Å². The Morgan fingerprint density at radius 3 is 2.21 bits per heavy atom. The molecule has 2 aromatic heterocycles. The number of hydrogen-bond acceptors (Lipinski definition) is 6. The average molecular weight is 471 g/mol. The summed E-state index contributed by atoms with van der Waals surface area (Å²) in [6.07, 6.45) is 0.297. The van der Waals surface area contributed by atoms with Crippen LogP contribution in [0.5, 0.6) is 0 Å². The van der Waals surface area contributed by atoms with E-state index in [2.05, 4.69) is 21.4 Å². The number of hydrogen-bond donors (Lipinski definition) is 1. The van der Waals surface area contributed by atoms with Gasteiger partial charge in [-0.1, -0.05) is 59.7 Å². The van der Waals surface area contributed by atoms with Crippen molar-refractivity contribution in [2.45, 2.75) is 25.3 Å². The van der Waals surface area contributed by atoms with Gasteiger partial charge in [-0.15, -0.1) is 23.1 Å². The van der Waals surface area contributed by atoms with Crippen LogP contribution in [0.2, 0.25) is 0 Å². The van der Waals surface area contributed by atoms with E-state index >= 15 is 0 Å². The summed E-state index contributed by atoms with van der Waals surface area (Å²) in [6.45, 7) is 4.08. The van der Waals surface area contributed by atoms with Gasteiger partial charge in [-0.3, -0.25) is 4.79 Å². The van der Waals surface area contributed by atoms with Gasteiger partial charge in [0.15, 0.2) is 5.13 Å². The van der Waals surface area contributed by atoms with Crippen molar-refractivity contribution in [1.29, 1.82) is 5.26 Å². The van der Waals surface area contributed by atoms with Crippen molar-refractivity contribution >= 4 is 34.1 Å². The summed E-state index contributed by atoms with van der Waals surface area (Å²) in [6, 6.07) is 22.1. The molecule has 164 valence electrons. The highest BCUT2D eigenvalue weighted by molar-refractivity contribution is 7.99. The van der Waals surface area contributed by atoms with Crippen LogP contribution < -0.4 is 5.32 Å². The maximum atomic E-state index is 12.4. The molecular formula is C26H22N4OS2. The zero-order valence-corrected chi connectivity index (χ0v) is 20.0. The van der Waals surface area contributed by atoms with Gasteiger partial charge >= 0.3 is 0 Å². The van der Waals surface area contributed by atoms with Crippen LogP contribution in [0.3, 0.4) is 0 Å². The minimum atomic E-state index is -0.111. The normalized spacial score (nSPS) is 10.6. The third kappa shape index (κ3) is 5.86. The summed E-state index contributed by atoms with van der Waals surface area (Å²) >= 11 is 2.82. The first-order valence-electron chi connectivity index (χ1n) is 10.5. The van der Waals surface area contributed by atoms with Gasteiger partial charge in [0.1, 0.15) is 11.1 Å². The summed E-state index contributed by atoms with van der Waals surface area (Å²) in [5.74, 6) is 0.404. The van der Waals surface area contributed by atoms with Crippen LogP contribution in [-0.2, 0) is 4.79 Å². The number of nitrogens with one attached hydrogen (secondary N) is 1. The quantitative estimate of drug-likeness (QED) is 0.313. The van der Waals surface area contributed by atoms with Crippen molar-refractivity contribution < 1.29 is 4.79 Å². The van der Waals surface area contributed by atoms with E-state index in [0.29, 0.717) is 27.9 Å². The van der Waals surface area contributed by atoms with E-state index in [1.165, 1.54) is 34.2 Å². The van der Waals surface area contributed by atoms with E-state index in [1.807, 2.05) is 73.8 Å². The number of amides is 1. The van der Waals surface area contributed by atoms with Crippen molar-refractivity contribution in [3.05, 3.63) is 82.7 Å². The number of nitriles is 1. The first-order chi connectivity index (χ1) is 16.0. The average Bonchev–Trinajstić information content (AvgIpc) is 3.28. The fourth-order valence-electron chi connectivity index (χ4n) is 3.13. The molecule has 0 spiro atoms. The first kappa shape index (κ1) is 22.7. The smallest absolute Gasteiger partial charge is 0.226 e. The molecule has 2 heterocycles. The maximum absolute atomic E-state index is 12.4. The summed E-state index contributed by atoms with van der Waals surface area (Å²) in [5.41, 5.74) is 6.57. The molecule has 0 saturated heterocycles. The third-order valence-electron chi connectivity index (χ3n) is 4.99. The molecule has 0 atom stereocenters. The van der Waals surface area contributed by atoms with Gasteiger partial charge in [-0.05, 0) is 26.0 Å². The first-order valence-corrected chi connectivity index (χ1v) is 12.3. The van der Waals surface area contributed by atoms with Crippen LogP contribution in [-0.4, -0.2) is 21.6 Å². The third-order valence-corrected chi connectivity index (χ3v) is 6.74. The number of nitrogens with zero attached hydrogens (tertiary/aromatic N) is 3. The van der Waals surface area contributed by atoms with Gasteiger partial charge in [0.25, 0.3) is 0 Å². The molecule has 0 saturated carbocycles. The number of thiazole rings is 1. The summed E-state index contributed by atoms with van der Waals surface area (Å²) in [4.78, 5) is 21.6. The van der Waals surface area contributed by atoms with Crippen LogP contribution in [0.1, 0.15) is 23.1 Å². The van der Waals surface area contributed by atoms with Gasteiger partial charge in [-0.2, -0.15) is 5.26 Å². The van der Waals surface area contributed by atoms with Crippen molar-refractivity contribution in [1.82, 2.24) is 9.97 Å². The summed E-state index contributed by atoms with van der Waals surface area (Å²) in [7, 11) is 0. The topological polar surface area (TPSA) is 78.7 Å². The van der Waals surface area contributed by atoms with E-state index in [9.17, 15) is 10.1 Å². The molecule has 0 fully saturated rings. The van der Waals surface area contributed by atoms with Crippen molar-refractivity contribution in [3.63, 3.8) is 0 Å². The molecular weight excluding hydrogens is 448 g/mol. The second-order valence-electron chi connectivity index (χ2n) is 7.58. The number of carbonyl (C=O) groups excluding carboxylic acids is 1. The molecule has 0 bridgehead atoms. The molecule has 5 nitrogen and oxygen atoms in total. The molecule has 1 N–H and O–H groups in total. The monoisotopic (exact) mass is 470 g/mol. The van der Waals surface area contributed by atoms with E-state index in [1.54, 1.807) is 6.07 Å². The highest BCUT2D eigenvalue weighted by Gasteiger charge is 2.11. The van der Waals surface area contributed by atoms with Crippen LogP contribution in [0, 0.1) is 25.2 Å². The molecule has 2 aromatic carbocycles. The van der Waals surface area contributed by atoms with E-state index in [4.69, 9.17) is 0 Å². The van der Waals surface area contributed by atoms with Gasteiger partial charge in [0.05, 0.1) is 17.0 Å². The molecule has 4 aromatic rings. The van der Waals surface area contributed by atoms with Crippen molar-refractivity contribution in [3.8, 4) is 28.6 Å². The molecule has 0 aliphatic rings. The van der Waals surface area contributed by atoms with Crippen LogP contribution in [0.15, 0.2) is 71.1 Å². The van der Waals surface area contributed by atoms with E-state index in [0.717, 1.165) is 22.5 Å². The number of rotatable bonds is 7. The molecule has 4 rings (SSSR count). The van der Waals surface area contributed by atoms with Crippen LogP contribution >= 0.6 is 23.1 Å². The summed E-state index contributed by atoms with van der Waals surface area (Å²) < 4.78 is 0. The van der Waals surface area contributed by atoms with Gasteiger partial charge in [-0.25, -0.2) is 9.97 Å². The fourth-order valence-corrected chi connectivity index (χ4v) is 4.78. The summed E-state index contributed by atoms with van der Waals surface area (Å²) in [5, 5.41) is 15.5. The predicted molar refractivity (Wildman–Crippen MR) is 135 cm³/mol. The molecule has 0 unspecified atom stereocenters. The number of aromatic nitrogens is 2. The Balaban J connectivity index is 1.36. The predicted octanol–water partition coefficient (Wildman–Crippen LogP) is 6.48. The lowest BCUT2D eigenvalue weighted by Gasteiger charge is -2.07. The van der Waals surface area contributed by atoms with Crippen LogP contribution in [0.4, 0.5) is 5.13 Å². The van der Waals surface area contributed by atoms with Gasteiger partial charge in [0, 0.05) is 28.7 Å². The highest BCUT2D eigenvalue weighted by atomic mass is 32.2. The zero-order chi connectivity index (χ0) is 23.2. The van der Waals surface area contributed by atoms with E-state index in [-0.39, 0.29) is 5.91 Å². The minimum absolute atomic E-state index is 0.111. The Morgan fingerprint density at radius 2 is 1.58 bits per heavy atom. The lowest BCUT2D eigenvalue weighted by molar-refractivity contribution is -0.115. The highest BCUT2D eigenvalue weighted by Crippen LogP contribution is 2.27. The lowest BCUT2D eigenvalue weighted by atomic mass is 10.1. The zero-order valence-electron chi connectivity index (χ0n) is 18.3. The number of thioether (sulfide) groups is 1. The molecule has 0 aliphatic carbocycles. The maximum Gasteiger partial charge on any atom is 0.226 e. The molecule has 33 heavy (non-hydrogen) atoms. The molecule has 7 heteroatoms. The Hall–Kier alpha value is -3.47. The molecule has 0 aliphatic heterocycles. The second-order valence-corrected chi connectivity index (χ2v) is 9.52. The largest absolute Gasteiger partial charge is 0.302 e. The SMILES string of the molecule is Cc1ccc(-c2csc(NC(=O)CCSc3nc(-c4ccc(C)cc4)ccc3C#N)n2)cc1. The Kier molecular flexibility index (Phi) is 7.18. The standard InChI is InChI=1S/C26H22N4OS2/c1-17-3-7-19(8-4-17)22-12-11-21(15-27)25(28-22)32-14-13-24(31)30-26-29-23(16-33-26)20-9-5-18(2)6-10-20/h3-12,16H,13-14H2,1-2H3,(H,29,30,31). The van der Waals surface area contributed by atoms with Crippen molar-refractivity contribution in [2.75, 3.05) is 11.1 Å².